The van der Waals surface area contributed by atoms with Gasteiger partial charge in [-0.15, -0.1) is 0 Å². The molecule has 25 heavy (non-hydrogen) atoms. The predicted molar refractivity (Wildman–Crippen MR) is 94.0 cm³/mol. The second kappa shape index (κ2) is 7.17. The molecule has 6 nitrogen and oxygen atoms in total. The third kappa shape index (κ3) is 4.03. The van der Waals surface area contributed by atoms with E-state index in [1.165, 1.54) is 0 Å². The van der Waals surface area contributed by atoms with Gasteiger partial charge >= 0.3 is 6.03 Å². The molecule has 0 spiro atoms. The molecule has 0 unspecified atom stereocenters. The Hall–Kier alpha value is -3.15. The molecule has 0 aliphatic carbocycles. The summed E-state index contributed by atoms with van der Waals surface area (Å²) >= 11 is 0. The van der Waals surface area contributed by atoms with Gasteiger partial charge in [-0.05, 0) is 24.6 Å². The average molecular weight is 337 g/mol. The molecule has 2 aromatic carbocycles. The molecule has 1 saturated heterocycles. The van der Waals surface area contributed by atoms with Crippen molar-refractivity contribution in [1.29, 1.82) is 0 Å². The number of aryl methyl sites for hydroxylation is 1. The van der Waals surface area contributed by atoms with Gasteiger partial charge in [0.2, 0.25) is 5.91 Å². The van der Waals surface area contributed by atoms with Crippen LogP contribution in [0.3, 0.4) is 0 Å². The number of nitrogens with zero attached hydrogens (tertiary/aromatic N) is 1. The lowest BCUT2D eigenvalue weighted by Crippen LogP contribution is -2.38. The predicted octanol–water partition coefficient (Wildman–Crippen LogP) is 2.10. The molecule has 0 radical (unpaired) electrons. The van der Waals surface area contributed by atoms with E-state index in [2.05, 4.69) is 10.6 Å². The number of hydrogen-bond donors (Lipinski definition) is 2. The summed E-state index contributed by atoms with van der Waals surface area (Å²) in [5.41, 5.74) is 2.66. The number of benzene rings is 2. The van der Waals surface area contributed by atoms with Gasteiger partial charge in [-0.25, -0.2) is 4.79 Å². The van der Waals surface area contributed by atoms with E-state index in [9.17, 15) is 14.4 Å². The normalized spacial score (nSPS) is 16.7. The minimum Gasteiger partial charge on any atom is -0.325 e. The Morgan fingerprint density at radius 1 is 1.08 bits per heavy atom. The summed E-state index contributed by atoms with van der Waals surface area (Å²) in [6.07, 6.45) is 0.404. The Bertz CT molecular complexity index is 787. The Morgan fingerprint density at radius 2 is 1.76 bits per heavy atom. The van der Waals surface area contributed by atoms with Crippen LogP contribution in [0.2, 0.25) is 0 Å². The molecule has 1 fully saturated rings. The topological polar surface area (TPSA) is 78.5 Å². The maximum absolute atomic E-state index is 12.4. The lowest BCUT2D eigenvalue weighted by atomic mass is 10.1. The van der Waals surface area contributed by atoms with Crippen molar-refractivity contribution >= 4 is 23.5 Å². The fourth-order valence-corrected chi connectivity index (χ4v) is 2.70. The van der Waals surface area contributed by atoms with Crippen molar-refractivity contribution in [2.75, 3.05) is 11.9 Å². The first-order valence-corrected chi connectivity index (χ1v) is 8.05. The zero-order valence-corrected chi connectivity index (χ0v) is 13.9. The van der Waals surface area contributed by atoms with Crippen LogP contribution < -0.4 is 10.6 Å². The van der Waals surface area contributed by atoms with Gasteiger partial charge < -0.3 is 10.6 Å². The summed E-state index contributed by atoms with van der Waals surface area (Å²) in [4.78, 5) is 37.5. The quantitative estimate of drug-likeness (QED) is 0.820. The number of nitrogens with one attached hydrogen (secondary N) is 2. The molecule has 1 aliphatic heterocycles. The van der Waals surface area contributed by atoms with Crippen molar-refractivity contribution in [3.63, 3.8) is 0 Å². The second-order valence-electron chi connectivity index (χ2n) is 6.03. The van der Waals surface area contributed by atoms with E-state index in [0.717, 1.165) is 16.0 Å². The number of carbonyl (C=O) groups excluding carboxylic acids is 3. The van der Waals surface area contributed by atoms with Crippen molar-refractivity contribution < 1.29 is 14.4 Å². The molecule has 1 aliphatic rings. The molecular weight excluding hydrogens is 318 g/mol. The van der Waals surface area contributed by atoms with E-state index in [-0.39, 0.29) is 12.5 Å². The van der Waals surface area contributed by atoms with Crippen molar-refractivity contribution in [3.05, 3.63) is 65.7 Å². The van der Waals surface area contributed by atoms with Crippen molar-refractivity contribution in [3.8, 4) is 0 Å². The highest BCUT2D eigenvalue weighted by Crippen LogP contribution is 2.13. The highest BCUT2D eigenvalue weighted by molar-refractivity contribution is 6.08. The number of rotatable bonds is 5. The first-order chi connectivity index (χ1) is 12.0. The molecule has 4 amide bonds. The molecule has 0 bridgehead atoms. The van der Waals surface area contributed by atoms with Crippen molar-refractivity contribution in [2.24, 2.45) is 0 Å². The number of anilines is 1. The van der Waals surface area contributed by atoms with Crippen molar-refractivity contribution in [2.45, 2.75) is 19.4 Å². The summed E-state index contributed by atoms with van der Waals surface area (Å²) in [5, 5.41) is 5.33. The van der Waals surface area contributed by atoms with E-state index in [4.69, 9.17) is 0 Å². The van der Waals surface area contributed by atoms with Gasteiger partial charge in [0.05, 0.1) is 0 Å². The fourth-order valence-electron chi connectivity index (χ4n) is 2.70. The third-order valence-electron chi connectivity index (χ3n) is 4.03. The SMILES string of the molecule is Cc1ccc(NC(=O)CN2C(=O)N[C@H](Cc3ccccc3)C2=O)cc1. The van der Waals surface area contributed by atoms with Crippen LogP contribution in [0.15, 0.2) is 54.6 Å². The lowest BCUT2D eigenvalue weighted by molar-refractivity contribution is -0.130. The first kappa shape index (κ1) is 16.7. The van der Waals surface area contributed by atoms with Crippen LogP contribution in [-0.4, -0.2) is 35.3 Å². The van der Waals surface area contributed by atoms with E-state index >= 15 is 0 Å². The molecule has 1 atom stereocenters. The van der Waals surface area contributed by atoms with Crippen LogP contribution in [-0.2, 0) is 16.0 Å². The summed E-state index contributed by atoms with van der Waals surface area (Å²) in [7, 11) is 0. The van der Waals surface area contributed by atoms with E-state index in [1.807, 2.05) is 49.4 Å². The largest absolute Gasteiger partial charge is 0.325 e. The van der Waals surface area contributed by atoms with Gasteiger partial charge in [0.1, 0.15) is 12.6 Å². The van der Waals surface area contributed by atoms with Crippen molar-refractivity contribution in [1.82, 2.24) is 10.2 Å². The summed E-state index contributed by atoms with van der Waals surface area (Å²) in [5.74, 6) is -0.791. The molecule has 6 heteroatoms. The minimum atomic E-state index is -0.637. The van der Waals surface area contributed by atoms with Gasteiger partial charge in [-0.3, -0.25) is 14.5 Å². The summed E-state index contributed by atoms with van der Waals surface area (Å²) in [6, 6.07) is 15.6. The number of amides is 4. The molecule has 3 rings (SSSR count). The molecule has 1 heterocycles. The van der Waals surface area contributed by atoms with Gasteiger partial charge in [0, 0.05) is 12.1 Å². The number of carbonyl (C=O) groups is 3. The standard InChI is InChI=1S/C19H19N3O3/c1-13-7-9-15(10-8-13)20-17(23)12-22-18(24)16(21-19(22)25)11-14-5-3-2-4-6-14/h2-10,16H,11-12H2,1H3,(H,20,23)(H,21,25)/t16-/m1/s1. The van der Waals surface area contributed by atoms with E-state index < -0.39 is 18.0 Å². The Kier molecular flexibility index (Phi) is 4.79. The van der Waals surface area contributed by atoms with Crippen LogP contribution in [0.4, 0.5) is 10.5 Å². The molecule has 2 N–H and O–H groups in total. The monoisotopic (exact) mass is 337 g/mol. The van der Waals surface area contributed by atoms with Gasteiger partial charge in [-0.1, -0.05) is 48.0 Å². The maximum atomic E-state index is 12.4. The van der Waals surface area contributed by atoms with Gasteiger partial charge in [0.15, 0.2) is 0 Å². The second-order valence-corrected chi connectivity index (χ2v) is 6.03. The molecule has 128 valence electrons. The van der Waals surface area contributed by atoms with Crippen LogP contribution in [0, 0.1) is 6.92 Å². The van der Waals surface area contributed by atoms with E-state index in [1.54, 1.807) is 12.1 Å². The van der Waals surface area contributed by atoms with Crippen LogP contribution in [0.25, 0.3) is 0 Å². The maximum Gasteiger partial charge on any atom is 0.325 e. The van der Waals surface area contributed by atoms with E-state index in [0.29, 0.717) is 12.1 Å². The van der Waals surface area contributed by atoms with Crippen LogP contribution in [0.1, 0.15) is 11.1 Å². The molecule has 0 aromatic heterocycles. The van der Waals surface area contributed by atoms with Crippen LogP contribution >= 0.6 is 0 Å². The smallest absolute Gasteiger partial charge is 0.325 e. The fraction of sp³-hybridized carbons (Fsp3) is 0.211. The third-order valence-corrected chi connectivity index (χ3v) is 4.03. The van der Waals surface area contributed by atoms with Gasteiger partial charge in [-0.2, -0.15) is 0 Å². The molecular formula is C19H19N3O3. The van der Waals surface area contributed by atoms with Crippen LogP contribution in [0.5, 0.6) is 0 Å². The Balaban J connectivity index is 1.60. The summed E-state index contributed by atoms with van der Waals surface area (Å²) < 4.78 is 0. The molecule has 2 aromatic rings. The first-order valence-electron chi connectivity index (χ1n) is 8.05. The Morgan fingerprint density at radius 3 is 2.44 bits per heavy atom. The lowest BCUT2D eigenvalue weighted by Gasteiger charge is -2.13. The average Bonchev–Trinajstić information content (AvgIpc) is 2.85. The number of imide groups is 1. The number of hydrogen-bond acceptors (Lipinski definition) is 3. The zero-order chi connectivity index (χ0) is 17.8. The van der Waals surface area contributed by atoms with Gasteiger partial charge in [0.25, 0.3) is 5.91 Å². The highest BCUT2D eigenvalue weighted by Gasteiger charge is 2.38. The Labute approximate surface area is 145 Å². The highest BCUT2D eigenvalue weighted by atomic mass is 16.2. The minimum absolute atomic E-state index is 0.302. The summed E-state index contributed by atoms with van der Waals surface area (Å²) in [6.45, 7) is 1.65. The zero-order valence-electron chi connectivity index (χ0n) is 13.9. The number of urea groups is 1. The molecule has 0 saturated carbocycles.